The van der Waals surface area contributed by atoms with E-state index in [-0.39, 0.29) is 5.82 Å². The first-order chi connectivity index (χ1) is 9.69. The molecule has 4 heteroatoms. The molecule has 0 aliphatic carbocycles. The van der Waals surface area contributed by atoms with Gasteiger partial charge in [0.2, 0.25) is 0 Å². The Kier molecular flexibility index (Phi) is 5.65. The molecular weight excluding hydrogens is 255 g/mol. The van der Waals surface area contributed by atoms with Crippen molar-refractivity contribution in [3.05, 3.63) is 24.0 Å². The third kappa shape index (κ3) is 4.37. The first-order valence-corrected chi connectivity index (χ1v) is 7.52. The Hall–Kier alpha value is -1.29. The highest BCUT2D eigenvalue weighted by atomic mass is 19.1. The highest BCUT2D eigenvalue weighted by Gasteiger charge is 2.16. The van der Waals surface area contributed by atoms with Crippen LogP contribution < -0.4 is 15.4 Å². The molecule has 1 aromatic rings. The smallest absolute Gasteiger partial charge is 0.144 e. The molecule has 1 aliphatic heterocycles. The number of methoxy groups -OCH3 is 1. The third-order valence-corrected chi connectivity index (χ3v) is 3.87. The highest BCUT2D eigenvalue weighted by molar-refractivity contribution is 5.56. The molecule has 1 aliphatic rings. The molecule has 1 aromatic carbocycles. The van der Waals surface area contributed by atoms with Crippen molar-refractivity contribution in [3.8, 4) is 5.75 Å². The van der Waals surface area contributed by atoms with E-state index in [0.717, 1.165) is 18.7 Å². The molecule has 2 atom stereocenters. The van der Waals surface area contributed by atoms with Gasteiger partial charge in [0.25, 0.3) is 0 Å². The summed E-state index contributed by atoms with van der Waals surface area (Å²) < 4.78 is 18.4. The van der Waals surface area contributed by atoms with Crippen LogP contribution in [0.1, 0.15) is 39.0 Å². The summed E-state index contributed by atoms with van der Waals surface area (Å²) >= 11 is 0. The minimum Gasteiger partial charge on any atom is -0.494 e. The van der Waals surface area contributed by atoms with Crippen LogP contribution in [-0.4, -0.2) is 25.7 Å². The first-order valence-electron chi connectivity index (χ1n) is 7.52. The molecule has 1 heterocycles. The van der Waals surface area contributed by atoms with Gasteiger partial charge in [0.1, 0.15) is 11.6 Å². The average molecular weight is 280 g/mol. The van der Waals surface area contributed by atoms with Crippen molar-refractivity contribution in [2.75, 3.05) is 19.0 Å². The van der Waals surface area contributed by atoms with Crippen LogP contribution in [0, 0.1) is 5.82 Å². The minimum atomic E-state index is -0.273. The lowest BCUT2D eigenvalue weighted by atomic mass is 10.0. The Morgan fingerprint density at radius 1 is 1.40 bits per heavy atom. The number of rotatable bonds is 5. The predicted octanol–water partition coefficient (Wildman–Crippen LogP) is 3.56. The van der Waals surface area contributed by atoms with Gasteiger partial charge in [-0.15, -0.1) is 0 Å². The van der Waals surface area contributed by atoms with Crippen LogP contribution in [0.25, 0.3) is 0 Å². The van der Waals surface area contributed by atoms with Crippen molar-refractivity contribution in [1.29, 1.82) is 0 Å². The van der Waals surface area contributed by atoms with Crippen molar-refractivity contribution < 1.29 is 9.13 Å². The van der Waals surface area contributed by atoms with Crippen molar-refractivity contribution in [3.63, 3.8) is 0 Å². The lowest BCUT2D eigenvalue weighted by Gasteiger charge is -2.23. The van der Waals surface area contributed by atoms with Crippen LogP contribution in [0.2, 0.25) is 0 Å². The third-order valence-electron chi connectivity index (χ3n) is 3.87. The van der Waals surface area contributed by atoms with Gasteiger partial charge in [0.15, 0.2) is 0 Å². The summed E-state index contributed by atoms with van der Waals surface area (Å²) in [6.45, 7) is 3.28. The summed E-state index contributed by atoms with van der Waals surface area (Å²) in [5.41, 5.74) is 0.857. The van der Waals surface area contributed by atoms with E-state index in [0.29, 0.717) is 17.8 Å². The van der Waals surface area contributed by atoms with E-state index in [9.17, 15) is 4.39 Å². The van der Waals surface area contributed by atoms with Gasteiger partial charge in [-0.05, 0) is 44.9 Å². The monoisotopic (exact) mass is 280 g/mol. The fourth-order valence-electron chi connectivity index (χ4n) is 2.84. The largest absolute Gasteiger partial charge is 0.494 e. The summed E-state index contributed by atoms with van der Waals surface area (Å²) in [5.74, 6) is 0.288. The zero-order valence-corrected chi connectivity index (χ0v) is 12.4. The number of nitrogens with one attached hydrogen (secondary N) is 2. The van der Waals surface area contributed by atoms with Gasteiger partial charge in [-0.3, -0.25) is 0 Å². The van der Waals surface area contributed by atoms with E-state index in [1.54, 1.807) is 13.2 Å². The van der Waals surface area contributed by atoms with Gasteiger partial charge in [0, 0.05) is 18.2 Å². The molecule has 0 amide bonds. The summed E-state index contributed by atoms with van der Waals surface area (Å²) in [6.07, 6.45) is 6.23. The highest BCUT2D eigenvalue weighted by Crippen LogP contribution is 2.26. The maximum absolute atomic E-state index is 13.2. The van der Waals surface area contributed by atoms with Crippen molar-refractivity contribution >= 4 is 5.69 Å². The van der Waals surface area contributed by atoms with Gasteiger partial charge in [-0.1, -0.05) is 12.8 Å². The van der Waals surface area contributed by atoms with Crippen molar-refractivity contribution in [2.45, 2.75) is 51.1 Å². The second-order valence-corrected chi connectivity index (χ2v) is 5.63. The molecule has 112 valence electrons. The van der Waals surface area contributed by atoms with Crippen LogP contribution in [0.4, 0.5) is 10.1 Å². The van der Waals surface area contributed by atoms with Crippen LogP contribution in [0.15, 0.2) is 18.2 Å². The maximum atomic E-state index is 13.2. The van der Waals surface area contributed by atoms with E-state index in [1.807, 2.05) is 0 Å². The van der Waals surface area contributed by atoms with Crippen molar-refractivity contribution in [2.24, 2.45) is 0 Å². The number of anilines is 1. The average Bonchev–Trinajstić information content (AvgIpc) is 2.69. The molecule has 20 heavy (non-hydrogen) atoms. The molecule has 1 fully saturated rings. The quantitative estimate of drug-likeness (QED) is 0.865. The molecule has 2 rings (SSSR count). The maximum Gasteiger partial charge on any atom is 0.144 e. The number of hydrogen-bond donors (Lipinski definition) is 2. The number of ether oxygens (including phenoxy) is 1. The Morgan fingerprint density at radius 2 is 2.25 bits per heavy atom. The molecule has 0 saturated carbocycles. The van der Waals surface area contributed by atoms with Gasteiger partial charge in [0.05, 0.1) is 12.8 Å². The standard InChI is InChI=1S/C16H25FN2O/c1-12(10-14-6-4-3-5-9-18-14)19-15-8-7-13(17)11-16(15)20-2/h7-8,11-12,14,18-19H,3-6,9-10H2,1-2H3. The van der Waals surface area contributed by atoms with E-state index in [1.165, 1.54) is 37.8 Å². The van der Waals surface area contributed by atoms with Crippen LogP contribution in [0.5, 0.6) is 5.75 Å². The first kappa shape index (κ1) is 15.1. The van der Waals surface area contributed by atoms with Gasteiger partial charge >= 0.3 is 0 Å². The van der Waals surface area contributed by atoms with E-state index in [4.69, 9.17) is 4.74 Å². The second kappa shape index (κ2) is 7.48. The van der Waals surface area contributed by atoms with Gasteiger partial charge in [-0.2, -0.15) is 0 Å². The summed E-state index contributed by atoms with van der Waals surface area (Å²) in [4.78, 5) is 0. The molecule has 3 nitrogen and oxygen atoms in total. The van der Waals surface area contributed by atoms with Crippen LogP contribution in [-0.2, 0) is 0 Å². The number of benzene rings is 1. The van der Waals surface area contributed by atoms with E-state index < -0.39 is 0 Å². The minimum absolute atomic E-state index is 0.273. The molecular formula is C16H25FN2O. The van der Waals surface area contributed by atoms with Crippen molar-refractivity contribution in [1.82, 2.24) is 5.32 Å². The molecule has 0 radical (unpaired) electrons. The SMILES string of the molecule is COc1cc(F)ccc1NC(C)CC1CCCCCN1. The fraction of sp³-hybridized carbons (Fsp3) is 0.625. The molecule has 2 N–H and O–H groups in total. The fourth-order valence-corrected chi connectivity index (χ4v) is 2.84. The van der Waals surface area contributed by atoms with Crippen LogP contribution in [0.3, 0.4) is 0 Å². The lowest BCUT2D eigenvalue weighted by molar-refractivity contribution is 0.411. The molecule has 0 bridgehead atoms. The normalized spacial score (nSPS) is 21.1. The number of hydrogen-bond acceptors (Lipinski definition) is 3. The zero-order chi connectivity index (χ0) is 14.4. The second-order valence-electron chi connectivity index (χ2n) is 5.63. The lowest BCUT2D eigenvalue weighted by Crippen LogP contribution is -2.33. The summed E-state index contributed by atoms with van der Waals surface area (Å²) in [6, 6.07) is 5.52. The van der Waals surface area contributed by atoms with Crippen LogP contribution >= 0.6 is 0 Å². The van der Waals surface area contributed by atoms with E-state index in [2.05, 4.69) is 17.6 Å². The Labute approximate surface area is 120 Å². The Balaban J connectivity index is 1.91. The molecule has 2 unspecified atom stereocenters. The number of halogens is 1. The Morgan fingerprint density at radius 3 is 3.05 bits per heavy atom. The predicted molar refractivity (Wildman–Crippen MR) is 80.9 cm³/mol. The molecule has 0 spiro atoms. The molecule has 0 aromatic heterocycles. The Bertz CT molecular complexity index is 417. The summed E-state index contributed by atoms with van der Waals surface area (Å²) in [5, 5.41) is 7.03. The van der Waals surface area contributed by atoms with E-state index >= 15 is 0 Å². The zero-order valence-electron chi connectivity index (χ0n) is 12.4. The van der Waals surface area contributed by atoms with Gasteiger partial charge in [-0.25, -0.2) is 4.39 Å². The summed E-state index contributed by atoms with van der Waals surface area (Å²) in [7, 11) is 1.57. The topological polar surface area (TPSA) is 33.3 Å². The van der Waals surface area contributed by atoms with Gasteiger partial charge < -0.3 is 15.4 Å². The molecule has 1 saturated heterocycles.